The SMILES string of the molecule is Cc1cccc(C(F)(F)C2(N)CCC2)c1. The van der Waals surface area contributed by atoms with Crippen molar-refractivity contribution in [1.29, 1.82) is 0 Å². The number of rotatable bonds is 2. The van der Waals surface area contributed by atoms with Crippen LogP contribution in [0, 0.1) is 6.92 Å². The van der Waals surface area contributed by atoms with Crippen molar-refractivity contribution < 1.29 is 8.78 Å². The lowest BCUT2D eigenvalue weighted by Crippen LogP contribution is -2.58. The van der Waals surface area contributed by atoms with E-state index in [1.807, 2.05) is 13.0 Å². The Morgan fingerprint density at radius 3 is 2.47 bits per heavy atom. The molecule has 1 aliphatic rings. The average molecular weight is 211 g/mol. The summed E-state index contributed by atoms with van der Waals surface area (Å²) in [5.41, 5.74) is 5.28. The van der Waals surface area contributed by atoms with Gasteiger partial charge in [-0.25, -0.2) is 0 Å². The van der Waals surface area contributed by atoms with Gasteiger partial charge in [0.2, 0.25) is 0 Å². The van der Waals surface area contributed by atoms with E-state index in [2.05, 4.69) is 0 Å². The van der Waals surface area contributed by atoms with Gasteiger partial charge in [-0.15, -0.1) is 0 Å². The average Bonchev–Trinajstić information content (AvgIpc) is 2.14. The topological polar surface area (TPSA) is 26.0 Å². The number of aryl methyl sites for hydroxylation is 1. The highest BCUT2D eigenvalue weighted by molar-refractivity contribution is 5.30. The second-order valence-corrected chi connectivity index (χ2v) is 4.45. The van der Waals surface area contributed by atoms with Crippen LogP contribution in [0.15, 0.2) is 24.3 Å². The Hall–Kier alpha value is -0.960. The van der Waals surface area contributed by atoms with Crippen molar-refractivity contribution in [3.8, 4) is 0 Å². The van der Waals surface area contributed by atoms with E-state index < -0.39 is 11.5 Å². The highest BCUT2D eigenvalue weighted by Crippen LogP contribution is 2.48. The Bertz CT molecular complexity index is 370. The van der Waals surface area contributed by atoms with Crippen LogP contribution in [0.1, 0.15) is 30.4 Å². The fourth-order valence-electron chi connectivity index (χ4n) is 2.00. The maximum absolute atomic E-state index is 14.0. The van der Waals surface area contributed by atoms with Crippen molar-refractivity contribution in [3.05, 3.63) is 35.4 Å². The van der Waals surface area contributed by atoms with Crippen molar-refractivity contribution in [3.63, 3.8) is 0 Å². The number of hydrogen-bond donors (Lipinski definition) is 1. The summed E-state index contributed by atoms with van der Waals surface area (Å²) in [6.07, 6.45) is 1.62. The van der Waals surface area contributed by atoms with Gasteiger partial charge >= 0.3 is 0 Å². The maximum atomic E-state index is 14.0. The number of halogens is 2. The molecule has 0 unspecified atom stereocenters. The molecule has 1 saturated carbocycles. The van der Waals surface area contributed by atoms with Crippen molar-refractivity contribution in [2.75, 3.05) is 0 Å². The van der Waals surface area contributed by atoms with E-state index in [1.165, 1.54) is 12.1 Å². The Morgan fingerprint density at radius 1 is 1.33 bits per heavy atom. The molecule has 0 aliphatic heterocycles. The molecule has 15 heavy (non-hydrogen) atoms. The molecule has 1 nitrogen and oxygen atoms in total. The summed E-state index contributed by atoms with van der Waals surface area (Å²) in [4.78, 5) is 0. The summed E-state index contributed by atoms with van der Waals surface area (Å²) < 4.78 is 28.1. The molecule has 2 N–H and O–H groups in total. The molecule has 0 radical (unpaired) electrons. The van der Waals surface area contributed by atoms with Gasteiger partial charge in [-0.05, 0) is 26.2 Å². The fraction of sp³-hybridized carbons (Fsp3) is 0.500. The van der Waals surface area contributed by atoms with Gasteiger partial charge in [0.05, 0.1) is 5.54 Å². The minimum Gasteiger partial charge on any atom is -0.320 e. The van der Waals surface area contributed by atoms with Crippen LogP contribution in [0.2, 0.25) is 0 Å². The van der Waals surface area contributed by atoms with Crippen LogP contribution in [0.25, 0.3) is 0 Å². The number of benzene rings is 1. The first-order valence-corrected chi connectivity index (χ1v) is 5.20. The normalized spacial score (nSPS) is 19.7. The lowest BCUT2D eigenvalue weighted by Gasteiger charge is -2.44. The van der Waals surface area contributed by atoms with Gasteiger partial charge < -0.3 is 5.73 Å². The first kappa shape index (κ1) is 10.6. The van der Waals surface area contributed by atoms with E-state index in [0.29, 0.717) is 12.8 Å². The molecule has 0 atom stereocenters. The Labute approximate surface area is 88.3 Å². The summed E-state index contributed by atoms with van der Waals surface area (Å²) in [5.74, 6) is -2.91. The lowest BCUT2D eigenvalue weighted by atomic mass is 9.71. The van der Waals surface area contributed by atoms with E-state index >= 15 is 0 Å². The highest BCUT2D eigenvalue weighted by atomic mass is 19.3. The zero-order valence-electron chi connectivity index (χ0n) is 8.76. The molecule has 1 aromatic rings. The van der Waals surface area contributed by atoms with E-state index in [-0.39, 0.29) is 5.56 Å². The molecular weight excluding hydrogens is 196 g/mol. The summed E-state index contributed by atoms with van der Waals surface area (Å²) in [6.45, 7) is 1.81. The van der Waals surface area contributed by atoms with E-state index in [1.54, 1.807) is 6.07 Å². The highest BCUT2D eigenvalue weighted by Gasteiger charge is 2.55. The molecule has 0 aromatic heterocycles. The molecule has 0 amide bonds. The number of hydrogen-bond acceptors (Lipinski definition) is 1. The van der Waals surface area contributed by atoms with Crippen molar-refractivity contribution in [2.45, 2.75) is 37.6 Å². The van der Waals surface area contributed by atoms with Crippen LogP contribution < -0.4 is 5.73 Å². The molecule has 0 heterocycles. The predicted molar refractivity (Wildman–Crippen MR) is 55.8 cm³/mol. The third-order valence-corrected chi connectivity index (χ3v) is 3.25. The molecule has 1 aromatic carbocycles. The molecule has 82 valence electrons. The molecule has 1 aliphatic carbocycles. The summed E-state index contributed by atoms with van der Waals surface area (Å²) in [7, 11) is 0. The van der Waals surface area contributed by atoms with Crippen LogP contribution in [-0.2, 0) is 5.92 Å². The second-order valence-electron chi connectivity index (χ2n) is 4.45. The zero-order chi connectivity index (χ0) is 11.1. The zero-order valence-corrected chi connectivity index (χ0v) is 8.76. The summed E-state index contributed by atoms with van der Waals surface area (Å²) >= 11 is 0. The van der Waals surface area contributed by atoms with Crippen LogP contribution >= 0.6 is 0 Å². The van der Waals surface area contributed by atoms with E-state index in [0.717, 1.165) is 12.0 Å². The van der Waals surface area contributed by atoms with Crippen LogP contribution in [0.5, 0.6) is 0 Å². The van der Waals surface area contributed by atoms with E-state index in [4.69, 9.17) is 5.73 Å². The van der Waals surface area contributed by atoms with Crippen molar-refractivity contribution in [1.82, 2.24) is 0 Å². The minimum absolute atomic E-state index is 0.0460. The molecule has 0 saturated heterocycles. The third-order valence-electron chi connectivity index (χ3n) is 3.25. The predicted octanol–water partition coefficient (Wildman–Crippen LogP) is 2.97. The van der Waals surface area contributed by atoms with E-state index in [9.17, 15) is 8.78 Å². The largest absolute Gasteiger partial charge is 0.320 e. The Kier molecular flexibility index (Phi) is 2.30. The lowest BCUT2D eigenvalue weighted by molar-refractivity contribution is -0.113. The first-order valence-electron chi connectivity index (χ1n) is 5.20. The van der Waals surface area contributed by atoms with Gasteiger partial charge in [-0.1, -0.05) is 29.8 Å². The Morgan fingerprint density at radius 2 is 2.00 bits per heavy atom. The number of nitrogens with two attached hydrogens (primary N) is 1. The maximum Gasteiger partial charge on any atom is 0.290 e. The monoisotopic (exact) mass is 211 g/mol. The first-order chi connectivity index (χ1) is 6.96. The molecule has 1 fully saturated rings. The minimum atomic E-state index is -2.91. The molecule has 0 spiro atoms. The van der Waals surface area contributed by atoms with Gasteiger partial charge in [0.1, 0.15) is 0 Å². The van der Waals surface area contributed by atoms with Gasteiger partial charge in [-0.2, -0.15) is 8.78 Å². The third kappa shape index (κ3) is 1.55. The summed E-state index contributed by atoms with van der Waals surface area (Å²) in [6, 6.07) is 6.44. The van der Waals surface area contributed by atoms with Crippen LogP contribution in [-0.4, -0.2) is 5.54 Å². The van der Waals surface area contributed by atoms with Gasteiger partial charge in [0.25, 0.3) is 5.92 Å². The van der Waals surface area contributed by atoms with Crippen molar-refractivity contribution in [2.24, 2.45) is 5.73 Å². The smallest absolute Gasteiger partial charge is 0.290 e. The van der Waals surface area contributed by atoms with Crippen molar-refractivity contribution >= 4 is 0 Å². The molecule has 2 rings (SSSR count). The Balaban J connectivity index is 2.36. The fourth-order valence-corrected chi connectivity index (χ4v) is 2.00. The standard InChI is InChI=1S/C12H15F2N/c1-9-4-2-5-10(8-9)12(13,14)11(15)6-3-7-11/h2,4-5,8H,3,6-7,15H2,1H3. The molecule has 3 heteroatoms. The molecule has 0 bridgehead atoms. The summed E-state index contributed by atoms with van der Waals surface area (Å²) in [5, 5.41) is 0. The second kappa shape index (κ2) is 3.27. The van der Waals surface area contributed by atoms with Crippen LogP contribution in [0.4, 0.5) is 8.78 Å². The quantitative estimate of drug-likeness (QED) is 0.799. The van der Waals surface area contributed by atoms with Crippen LogP contribution in [0.3, 0.4) is 0 Å². The molecular formula is C12H15F2N. The van der Waals surface area contributed by atoms with Gasteiger partial charge in [0, 0.05) is 5.56 Å². The number of alkyl halides is 2. The van der Waals surface area contributed by atoms with Gasteiger partial charge in [-0.3, -0.25) is 0 Å². The van der Waals surface area contributed by atoms with Gasteiger partial charge in [0.15, 0.2) is 0 Å².